The van der Waals surface area contributed by atoms with Gasteiger partial charge >= 0.3 is 0 Å². The number of hydrogen-bond acceptors (Lipinski definition) is 5. The summed E-state index contributed by atoms with van der Waals surface area (Å²) in [5, 5.41) is 14.9. The van der Waals surface area contributed by atoms with E-state index in [-0.39, 0.29) is 11.4 Å². The van der Waals surface area contributed by atoms with Crippen LogP contribution in [0.5, 0.6) is 0 Å². The van der Waals surface area contributed by atoms with Gasteiger partial charge in [-0.25, -0.2) is 4.98 Å². The molecule has 0 N–H and O–H groups in total. The van der Waals surface area contributed by atoms with Crippen LogP contribution in [0.3, 0.4) is 0 Å². The number of benzene rings is 2. The van der Waals surface area contributed by atoms with Crippen molar-refractivity contribution < 1.29 is 4.92 Å². The van der Waals surface area contributed by atoms with Gasteiger partial charge in [0.15, 0.2) is 5.69 Å². The second-order valence-corrected chi connectivity index (χ2v) is 4.03. The maximum absolute atomic E-state index is 10.9. The predicted octanol–water partition coefficient (Wildman–Crippen LogP) is 3.69. The van der Waals surface area contributed by atoms with Crippen LogP contribution in [0.4, 0.5) is 11.4 Å². The molecule has 19 heavy (non-hydrogen) atoms. The van der Waals surface area contributed by atoms with Crippen molar-refractivity contribution in [1.29, 1.82) is 0 Å². The Balaban J connectivity index is 2.47. The van der Waals surface area contributed by atoms with Crippen molar-refractivity contribution in [3.63, 3.8) is 0 Å². The summed E-state index contributed by atoms with van der Waals surface area (Å²) < 4.78 is 0. The Morgan fingerprint density at radius 2 is 1.89 bits per heavy atom. The maximum Gasteiger partial charge on any atom is 0.299 e. The highest BCUT2D eigenvalue weighted by molar-refractivity contribution is 6.01. The van der Waals surface area contributed by atoms with Gasteiger partial charge < -0.3 is 0 Å². The smallest absolute Gasteiger partial charge is 0.258 e. The van der Waals surface area contributed by atoms with Gasteiger partial charge in [0.05, 0.1) is 16.0 Å². The van der Waals surface area contributed by atoms with Crippen LogP contribution in [0.2, 0.25) is 0 Å². The van der Waals surface area contributed by atoms with Gasteiger partial charge in [0.25, 0.3) is 5.69 Å². The lowest BCUT2D eigenvalue weighted by Crippen LogP contribution is -1.90. The summed E-state index contributed by atoms with van der Waals surface area (Å²) in [5.74, 6) is 0. The largest absolute Gasteiger partial charge is 0.299 e. The molecule has 92 valence electrons. The average Bonchev–Trinajstić information content (AvgIpc) is 2.43. The Morgan fingerprint density at radius 3 is 2.63 bits per heavy atom. The molecule has 0 unspecified atom stereocenters. The Labute approximate surface area is 106 Å². The molecule has 0 bridgehead atoms. The molecule has 0 fully saturated rings. The number of nitroso groups, excluding NO2 is 1. The maximum atomic E-state index is 10.9. The molecular formula is C13H7N3O3. The Bertz CT molecular complexity index is 830. The van der Waals surface area contributed by atoms with Crippen molar-refractivity contribution in [3.8, 4) is 0 Å². The van der Waals surface area contributed by atoms with Crippen LogP contribution in [-0.2, 0) is 0 Å². The van der Waals surface area contributed by atoms with E-state index in [9.17, 15) is 15.0 Å². The van der Waals surface area contributed by atoms with Gasteiger partial charge in [-0.05, 0) is 23.4 Å². The molecule has 6 nitrogen and oxygen atoms in total. The van der Waals surface area contributed by atoms with Gasteiger partial charge in [-0.1, -0.05) is 18.2 Å². The van der Waals surface area contributed by atoms with Gasteiger partial charge in [-0.3, -0.25) is 10.1 Å². The fourth-order valence-electron chi connectivity index (χ4n) is 2.07. The van der Waals surface area contributed by atoms with E-state index in [1.807, 2.05) is 24.3 Å². The van der Waals surface area contributed by atoms with E-state index >= 15 is 0 Å². The van der Waals surface area contributed by atoms with Crippen LogP contribution in [0, 0.1) is 15.0 Å². The minimum atomic E-state index is -0.620. The summed E-state index contributed by atoms with van der Waals surface area (Å²) >= 11 is 0. The summed E-state index contributed by atoms with van der Waals surface area (Å²) in [6.45, 7) is 0. The normalized spacial score (nSPS) is 10.7. The molecule has 1 heterocycles. The molecule has 0 spiro atoms. The molecular weight excluding hydrogens is 246 g/mol. The minimum absolute atomic E-state index is 0.180. The predicted molar refractivity (Wildman–Crippen MR) is 71.4 cm³/mol. The van der Waals surface area contributed by atoms with Gasteiger partial charge in [0, 0.05) is 16.8 Å². The summed E-state index contributed by atoms with van der Waals surface area (Å²) in [6.07, 6.45) is 0. The molecule has 1 aromatic heterocycles. The third-order valence-corrected chi connectivity index (χ3v) is 2.94. The fourth-order valence-corrected chi connectivity index (χ4v) is 2.07. The highest BCUT2D eigenvalue weighted by atomic mass is 16.6. The number of pyridine rings is 1. The minimum Gasteiger partial charge on any atom is -0.258 e. The monoisotopic (exact) mass is 253 g/mol. The molecule has 0 saturated carbocycles. The lowest BCUT2D eigenvalue weighted by molar-refractivity contribution is -0.383. The van der Waals surface area contributed by atoms with Crippen molar-refractivity contribution in [2.24, 2.45) is 5.18 Å². The number of aromatic nitrogens is 1. The van der Waals surface area contributed by atoms with E-state index in [4.69, 9.17) is 0 Å². The number of nitro groups is 1. The lowest BCUT2D eigenvalue weighted by atomic mass is 10.1. The third-order valence-electron chi connectivity index (χ3n) is 2.94. The van der Waals surface area contributed by atoms with Gasteiger partial charge in [-0.15, -0.1) is 4.91 Å². The van der Waals surface area contributed by atoms with Crippen LogP contribution < -0.4 is 0 Å². The van der Waals surface area contributed by atoms with E-state index in [2.05, 4.69) is 10.2 Å². The Hall–Kier alpha value is -2.89. The van der Waals surface area contributed by atoms with E-state index < -0.39 is 4.92 Å². The van der Waals surface area contributed by atoms with E-state index in [1.165, 1.54) is 12.1 Å². The highest BCUT2D eigenvalue weighted by Crippen LogP contribution is 2.35. The first-order valence-corrected chi connectivity index (χ1v) is 5.51. The van der Waals surface area contributed by atoms with E-state index in [0.29, 0.717) is 10.9 Å². The summed E-state index contributed by atoms with van der Waals surface area (Å²) in [6, 6.07) is 11.8. The van der Waals surface area contributed by atoms with Crippen LogP contribution in [0.1, 0.15) is 0 Å². The third kappa shape index (κ3) is 1.70. The lowest BCUT2D eigenvalue weighted by Gasteiger charge is -2.03. The molecule has 0 radical (unpaired) electrons. The number of rotatable bonds is 2. The number of nitrogens with zero attached hydrogens (tertiary/aromatic N) is 3. The zero-order valence-electron chi connectivity index (χ0n) is 9.61. The Kier molecular flexibility index (Phi) is 2.42. The molecule has 0 aliphatic heterocycles. The Morgan fingerprint density at radius 1 is 1.11 bits per heavy atom. The SMILES string of the molecule is O=Nc1c([N+](=O)[O-])ccc2nc3ccccc3cc12. The number of para-hydroxylation sites is 1. The molecule has 0 saturated heterocycles. The van der Waals surface area contributed by atoms with Crippen molar-refractivity contribution >= 4 is 33.2 Å². The van der Waals surface area contributed by atoms with Gasteiger partial charge in [0.2, 0.25) is 0 Å². The summed E-state index contributed by atoms with van der Waals surface area (Å²) in [5.41, 5.74) is 0.792. The molecule has 0 aliphatic rings. The first-order valence-electron chi connectivity index (χ1n) is 5.51. The summed E-state index contributed by atoms with van der Waals surface area (Å²) in [7, 11) is 0. The molecule has 2 aromatic carbocycles. The number of fused-ring (bicyclic) bond motifs is 2. The van der Waals surface area contributed by atoms with Crippen LogP contribution in [-0.4, -0.2) is 9.91 Å². The van der Waals surface area contributed by atoms with Crippen molar-refractivity contribution in [2.45, 2.75) is 0 Å². The second kappa shape index (κ2) is 4.09. The first kappa shape index (κ1) is 11.2. The zero-order valence-corrected chi connectivity index (χ0v) is 9.61. The molecule has 0 amide bonds. The van der Waals surface area contributed by atoms with Crippen LogP contribution in [0.25, 0.3) is 21.8 Å². The topological polar surface area (TPSA) is 85.5 Å². The van der Waals surface area contributed by atoms with Crippen LogP contribution >= 0.6 is 0 Å². The van der Waals surface area contributed by atoms with E-state index in [1.54, 1.807) is 6.07 Å². The molecule has 0 atom stereocenters. The molecule has 3 aromatic rings. The molecule has 3 rings (SSSR count). The van der Waals surface area contributed by atoms with Crippen molar-refractivity contribution in [3.05, 3.63) is 57.5 Å². The standard InChI is InChI=1S/C13H7N3O3/c17-15-13-9-7-8-3-1-2-4-10(8)14-11(9)5-6-12(13)16(18)19/h1-7H. The number of nitro benzene ring substituents is 1. The fraction of sp³-hybridized carbons (Fsp3) is 0. The quantitative estimate of drug-likeness (QED) is 0.301. The van der Waals surface area contributed by atoms with Gasteiger partial charge in [0.1, 0.15) is 0 Å². The molecule has 6 heteroatoms. The van der Waals surface area contributed by atoms with Gasteiger partial charge in [-0.2, -0.15) is 0 Å². The van der Waals surface area contributed by atoms with E-state index in [0.717, 1.165) is 10.9 Å². The highest BCUT2D eigenvalue weighted by Gasteiger charge is 2.18. The molecule has 0 aliphatic carbocycles. The zero-order chi connectivity index (χ0) is 13.4. The first-order chi connectivity index (χ1) is 9.20. The summed E-state index contributed by atoms with van der Waals surface area (Å²) in [4.78, 5) is 25.5. The van der Waals surface area contributed by atoms with Crippen molar-refractivity contribution in [2.75, 3.05) is 0 Å². The number of hydrogen-bond donors (Lipinski definition) is 0. The second-order valence-electron chi connectivity index (χ2n) is 4.03. The van der Waals surface area contributed by atoms with Crippen LogP contribution in [0.15, 0.2) is 47.6 Å². The average molecular weight is 253 g/mol. The van der Waals surface area contributed by atoms with Crippen molar-refractivity contribution in [1.82, 2.24) is 4.98 Å².